The lowest BCUT2D eigenvalue weighted by atomic mass is 9.87. The Morgan fingerprint density at radius 1 is 1.36 bits per heavy atom. The lowest BCUT2D eigenvalue weighted by Gasteiger charge is -2.32. The molecule has 0 fully saturated rings. The molecule has 1 aliphatic rings. The van der Waals surface area contributed by atoms with Crippen LogP contribution in [0.4, 0.5) is 5.88 Å². The van der Waals surface area contributed by atoms with Crippen LogP contribution in [0.25, 0.3) is 0 Å². The molecule has 1 heterocycles. The highest BCUT2D eigenvalue weighted by molar-refractivity contribution is 5.91. The molecule has 0 unspecified atom stereocenters. The number of likely N-dealkylation sites (N-methyl/N-ethyl adjacent to an activating group) is 1. The molecule has 0 radical (unpaired) electrons. The molecule has 0 spiro atoms. The molecule has 0 saturated heterocycles. The fourth-order valence-corrected chi connectivity index (χ4v) is 3.39. The first kappa shape index (κ1) is 17.7. The average Bonchev–Trinajstić information content (AvgIpc) is 3.02. The summed E-state index contributed by atoms with van der Waals surface area (Å²) in [6.07, 6.45) is 3.36. The molecule has 2 aromatic rings. The molecule has 1 N–H and O–H groups in total. The lowest BCUT2D eigenvalue weighted by molar-refractivity contribution is -0.117. The number of carbonyl (C=O) groups excluding carboxylic acids is 1. The standard InChI is InChI=1S/C20H27N3O2/c1-20(2,3)17-12-19(25-22-17)21-18(24)13-23(4)16-11-7-9-14-8-5-6-10-15(14)16/h5-6,8,10,12,16H,7,9,11,13H2,1-4H3,(H,21,24)/t16-/m0/s1. The Kier molecular flexibility index (Phi) is 4.95. The van der Waals surface area contributed by atoms with Gasteiger partial charge in [-0.2, -0.15) is 0 Å². The molecule has 0 saturated carbocycles. The van der Waals surface area contributed by atoms with Gasteiger partial charge in [0, 0.05) is 17.5 Å². The van der Waals surface area contributed by atoms with Crippen LogP contribution in [0, 0.1) is 0 Å². The summed E-state index contributed by atoms with van der Waals surface area (Å²) in [6.45, 7) is 6.50. The molecule has 1 aromatic carbocycles. The summed E-state index contributed by atoms with van der Waals surface area (Å²) in [7, 11) is 2.01. The molecule has 1 amide bonds. The summed E-state index contributed by atoms with van der Waals surface area (Å²) in [5, 5.41) is 6.85. The highest BCUT2D eigenvalue weighted by Gasteiger charge is 2.25. The zero-order valence-corrected chi connectivity index (χ0v) is 15.5. The van der Waals surface area contributed by atoms with Crippen molar-refractivity contribution < 1.29 is 9.32 Å². The van der Waals surface area contributed by atoms with E-state index in [-0.39, 0.29) is 17.4 Å². The summed E-state index contributed by atoms with van der Waals surface area (Å²) < 4.78 is 5.24. The van der Waals surface area contributed by atoms with Crippen molar-refractivity contribution in [3.05, 3.63) is 47.2 Å². The third-order valence-corrected chi connectivity index (χ3v) is 4.80. The summed E-state index contributed by atoms with van der Waals surface area (Å²) >= 11 is 0. The van der Waals surface area contributed by atoms with Crippen LogP contribution in [-0.2, 0) is 16.6 Å². The molecule has 0 aliphatic heterocycles. The van der Waals surface area contributed by atoms with Crippen LogP contribution >= 0.6 is 0 Å². The van der Waals surface area contributed by atoms with E-state index in [1.54, 1.807) is 6.07 Å². The van der Waals surface area contributed by atoms with Crippen molar-refractivity contribution >= 4 is 11.8 Å². The maximum absolute atomic E-state index is 12.4. The molecule has 1 aromatic heterocycles. The summed E-state index contributed by atoms with van der Waals surface area (Å²) in [6, 6.07) is 10.6. The predicted octanol–water partition coefficient (Wildman–Crippen LogP) is 3.92. The van der Waals surface area contributed by atoms with Crippen LogP contribution in [0.2, 0.25) is 0 Å². The van der Waals surface area contributed by atoms with Crippen molar-refractivity contribution in [2.24, 2.45) is 0 Å². The van der Waals surface area contributed by atoms with Crippen molar-refractivity contribution in [2.45, 2.75) is 51.5 Å². The zero-order valence-electron chi connectivity index (χ0n) is 15.5. The van der Waals surface area contributed by atoms with E-state index in [4.69, 9.17) is 4.52 Å². The number of nitrogens with zero attached hydrogens (tertiary/aromatic N) is 2. The monoisotopic (exact) mass is 341 g/mol. The topological polar surface area (TPSA) is 58.4 Å². The number of amides is 1. The van der Waals surface area contributed by atoms with Crippen LogP contribution in [0.1, 0.15) is 56.5 Å². The van der Waals surface area contributed by atoms with Crippen LogP contribution in [-0.4, -0.2) is 29.6 Å². The predicted molar refractivity (Wildman–Crippen MR) is 98.6 cm³/mol. The normalized spacial score (nSPS) is 17.4. The Hall–Kier alpha value is -2.14. The van der Waals surface area contributed by atoms with Gasteiger partial charge in [0.1, 0.15) is 0 Å². The SMILES string of the molecule is CN(CC(=O)Nc1cc(C(C)(C)C)no1)[C@H]1CCCc2ccccc21. The van der Waals surface area contributed by atoms with Gasteiger partial charge >= 0.3 is 0 Å². The first-order chi connectivity index (χ1) is 11.8. The summed E-state index contributed by atoms with van der Waals surface area (Å²) in [4.78, 5) is 14.5. The Morgan fingerprint density at radius 2 is 2.12 bits per heavy atom. The molecule has 3 rings (SSSR count). The molecule has 1 aliphatic carbocycles. The maximum Gasteiger partial charge on any atom is 0.240 e. The fourth-order valence-electron chi connectivity index (χ4n) is 3.39. The molecule has 1 atom stereocenters. The average molecular weight is 341 g/mol. The third kappa shape index (κ3) is 4.10. The van der Waals surface area contributed by atoms with Crippen LogP contribution in [0.5, 0.6) is 0 Å². The zero-order chi connectivity index (χ0) is 18.0. The molecule has 134 valence electrons. The molecular weight excluding hydrogens is 314 g/mol. The van der Waals surface area contributed by atoms with E-state index in [2.05, 4.69) is 60.4 Å². The van der Waals surface area contributed by atoms with Crippen LogP contribution in [0.15, 0.2) is 34.9 Å². The van der Waals surface area contributed by atoms with E-state index >= 15 is 0 Å². The number of aromatic nitrogens is 1. The number of aryl methyl sites for hydroxylation is 1. The van der Waals surface area contributed by atoms with Crippen molar-refractivity contribution in [1.29, 1.82) is 0 Å². The number of hydrogen-bond donors (Lipinski definition) is 1. The van der Waals surface area contributed by atoms with Crippen LogP contribution < -0.4 is 5.32 Å². The minimum absolute atomic E-state index is 0.0813. The highest BCUT2D eigenvalue weighted by atomic mass is 16.5. The summed E-state index contributed by atoms with van der Waals surface area (Å²) in [5.41, 5.74) is 3.47. The van der Waals surface area contributed by atoms with E-state index in [1.165, 1.54) is 11.1 Å². The van der Waals surface area contributed by atoms with Gasteiger partial charge in [-0.1, -0.05) is 50.2 Å². The second-order valence-corrected chi connectivity index (χ2v) is 7.90. The Balaban J connectivity index is 1.63. The van der Waals surface area contributed by atoms with Gasteiger partial charge < -0.3 is 4.52 Å². The van der Waals surface area contributed by atoms with Gasteiger partial charge in [0.25, 0.3) is 0 Å². The summed E-state index contributed by atoms with van der Waals surface area (Å²) in [5.74, 6) is 0.328. The first-order valence-electron chi connectivity index (χ1n) is 8.89. The van der Waals surface area contributed by atoms with E-state index in [9.17, 15) is 4.79 Å². The quantitative estimate of drug-likeness (QED) is 0.916. The Bertz CT molecular complexity index is 745. The van der Waals surface area contributed by atoms with E-state index < -0.39 is 0 Å². The van der Waals surface area contributed by atoms with E-state index in [0.717, 1.165) is 25.0 Å². The number of rotatable bonds is 4. The van der Waals surface area contributed by atoms with Gasteiger partial charge in [-0.05, 0) is 37.4 Å². The minimum atomic E-state index is -0.102. The molecule has 5 heteroatoms. The Labute approximate surface area is 149 Å². The number of carbonyl (C=O) groups is 1. The lowest BCUT2D eigenvalue weighted by Crippen LogP contribution is -2.34. The van der Waals surface area contributed by atoms with E-state index in [0.29, 0.717) is 12.4 Å². The van der Waals surface area contributed by atoms with Crippen LogP contribution in [0.3, 0.4) is 0 Å². The first-order valence-corrected chi connectivity index (χ1v) is 8.89. The molecule has 5 nitrogen and oxygen atoms in total. The molecular formula is C20H27N3O2. The highest BCUT2D eigenvalue weighted by Crippen LogP contribution is 2.33. The number of benzene rings is 1. The van der Waals surface area contributed by atoms with Crippen molar-refractivity contribution in [3.63, 3.8) is 0 Å². The number of anilines is 1. The van der Waals surface area contributed by atoms with Gasteiger partial charge in [-0.15, -0.1) is 0 Å². The van der Waals surface area contributed by atoms with Gasteiger partial charge in [0.05, 0.1) is 12.2 Å². The van der Waals surface area contributed by atoms with Gasteiger partial charge in [-0.3, -0.25) is 15.0 Å². The Morgan fingerprint density at radius 3 is 2.84 bits per heavy atom. The smallest absolute Gasteiger partial charge is 0.240 e. The molecule has 25 heavy (non-hydrogen) atoms. The number of fused-ring (bicyclic) bond motifs is 1. The van der Waals surface area contributed by atoms with Crippen molar-refractivity contribution in [1.82, 2.24) is 10.1 Å². The maximum atomic E-state index is 12.4. The second-order valence-electron chi connectivity index (χ2n) is 7.90. The third-order valence-electron chi connectivity index (χ3n) is 4.80. The molecule has 0 bridgehead atoms. The van der Waals surface area contributed by atoms with Gasteiger partial charge in [0.15, 0.2) is 0 Å². The largest absolute Gasteiger partial charge is 0.338 e. The number of hydrogen-bond acceptors (Lipinski definition) is 4. The van der Waals surface area contributed by atoms with E-state index in [1.807, 2.05) is 7.05 Å². The van der Waals surface area contributed by atoms with Crippen molar-refractivity contribution in [3.8, 4) is 0 Å². The fraction of sp³-hybridized carbons (Fsp3) is 0.500. The van der Waals surface area contributed by atoms with Gasteiger partial charge in [0.2, 0.25) is 11.8 Å². The van der Waals surface area contributed by atoms with Gasteiger partial charge in [-0.25, -0.2) is 0 Å². The minimum Gasteiger partial charge on any atom is -0.338 e. The number of nitrogens with one attached hydrogen (secondary N) is 1. The van der Waals surface area contributed by atoms with Crippen molar-refractivity contribution in [2.75, 3.05) is 18.9 Å². The second kappa shape index (κ2) is 7.00.